The molecule has 1 aliphatic rings. The lowest BCUT2D eigenvalue weighted by atomic mass is 10.1. The molecule has 0 aliphatic carbocycles. The molecule has 0 bridgehead atoms. The summed E-state index contributed by atoms with van der Waals surface area (Å²) in [6, 6.07) is 5.70. The van der Waals surface area contributed by atoms with Gasteiger partial charge in [0.05, 0.1) is 36.0 Å². The highest BCUT2D eigenvalue weighted by molar-refractivity contribution is 6.31. The van der Waals surface area contributed by atoms with Crippen molar-refractivity contribution in [3.05, 3.63) is 58.1 Å². The Balaban J connectivity index is 1.67. The first-order valence-electron chi connectivity index (χ1n) is 13.1. The third-order valence-electron chi connectivity index (χ3n) is 6.80. The Labute approximate surface area is 239 Å². The van der Waals surface area contributed by atoms with Crippen LogP contribution in [0.3, 0.4) is 0 Å². The number of amides is 3. The van der Waals surface area contributed by atoms with Crippen molar-refractivity contribution in [2.45, 2.75) is 39.0 Å². The topological polar surface area (TPSA) is 96.9 Å². The molecular weight excluding hydrogens is 573 g/mol. The fourth-order valence-electron chi connectivity index (χ4n) is 4.28. The van der Waals surface area contributed by atoms with Crippen molar-refractivity contribution >= 4 is 34.9 Å². The molecule has 1 fully saturated rings. The number of halogens is 6. The first-order chi connectivity index (χ1) is 19.3. The standard InChI is InChI=1S/C27H33ClF5N5O3/c1-16(2)21(15-39)36-26(41)34-14-17-3-5-19(24(30)23(17)29)25(40)35-20-6-4-18(28)13-22(20)38-11-9-37(10-12-38)8-7-27(31,32)33/h3-6,13,16,21,39H,7-12,14-15H2,1-2H3,(H,35,40)(H2,34,36,41)/t21-/m1/s1. The zero-order valence-corrected chi connectivity index (χ0v) is 23.4. The molecule has 226 valence electrons. The van der Waals surface area contributed by atoms with E-state index >= 15 is 0 Å². The first kappa shape index (κ1) is 32.4. The van der Waals surface area contributed by atoms with Crippen LogP contribution in [0.4, 0.5) is 38.1 Å². The average Bonchev–Trinajstić information content (AvgIpc) is 2.92. The number of aliphatic hydroxyl groups is 1. The number of benzene rings is 2. The molecule has 1 atom stereocenters. The molecule has 0 saturated carbocycles. The smallest absolute Gasteiger partial charge is 0.390 e. The third-order valence-corrected chi connectivity index (χ3v) is 7.03. The van der Waals surface area contributed by atoms with Crippen molar-refractivity contribution < 1.29 is 36.6 Å². The largest absolute Gasteiger partial charge is 0.394 e. The molecule has 1 heterocycles. The number of alkyl halides is 3. The number of hydrogen-bond donors (Lipinski definition) is 4. The lowest BCUT2D eigenvalue weighted by molar-refractivity contribution is -0.138. The molecule has 41 heavy (non-hydrogen) atoms. The maximum Gasteiger partial charge on any atom is 0.390 e. The summed E-state index contributed by atoms with van der Waals surface area (Å²) in [5.74, 6) is -3.67. The Morgan fingerprint density at radius 1 is 1.05 bits per heavy atom. The SMILES string of the molecule is CC(C)[C@@H](CO)NC(=O)NCc1ccc(C(=O)Nc2ccc(Cl)cc2N2CCN(CCC(F)(F)F)CC2)c(F)c1F. The van der Waals surface area contributed by atoms with Crippen LogP contribution in [0.2, 0.25) is 5.02 Å². The number of urea groups is 1. The number of carbonyl (C=O) groups excluding carboxylic acids is 2. The predicted molar refractivity (Wildman–Crippen MR) is 146 cm³/mol. The van der Waals surface area contributed by atoms with Gasteiger partial charge in [-0.25, -0.2) is 13.6 Å². The number of hydrogen-bond acceptors (Lipinski definition) is 5. The van der Waals surface area contributed by atoms with E-state index in [2.05, 4.69) is 16.0 Å². The highest BCUT2D eigenvalue weighted by Crippen LogP contribution is 2.31. The summed E-state index contributed by atoms with van der Waals surface area (Å²) in [6.45, 7) is 4.31. The van der Waals surface area contributed by atoms with Crippen molar-refractivity contribution in [2.75, 3.05) is 49.5 Å². The number of rotatable bonds is 10. The van der Waals surface area contributed by atoms with Crippen LogP contribution >= 0.6 is 11.6 Å². The summed E-state index contributed by atoms with van der Waals surface area (Å²) in [6.07, 6.45) is -5.14. The molecule has 2 aromatic rings. The van der Waals surface area contributed by atoms with Crippen LogP contribution in [-0.2, 0) is 6.54 Å². The third kappa shape index (κ3) is 9.17. The molecule has 2 aromatic carbocycles. The zero-order valence-electron chi connectivity index (χ0n) is 22.6. The number of nitrogens with one attached hydrogen (secondary N) is 3. The Morgan fingerprint density at radius 2 is 1.73 bits per heavy atom. The van der Waals surface area contributed by atoms with Crippen molar-refractivity contribution in [3.8, 4) is 0 Å². The molecule has 4 N–H and O–H groups in total. The zero-order chi connectivity index (χ0) is 30.3. The normalized spacial score (nSPS) is 15.1. The molecule has 1 aliphatic heterocycles. The molecular formula is C27H33ClF5N5O3. The number of nitrogens with zero attached hydrogens (tertiary/aromatic N) is 2. The van der Waals surface area contributed by atoms with Gasteiger partial charge in [-0.2, -0.15) is 13.2 Å². The molecule has 3 rings (SSSR count). The Bertz CT molecular complexity index is 1220. The second kappa shape index (κ2) is 14.1. The van der Waals surface area contributed by atoms with E-state index in [9.17, 15) is 36.6 Å². The van der Waals surface area contributed by atoms with Crippen molar-refractivity contribution in [1.82, 2.24) is 15.5 Å². The van der Waals surface area contributed by atoms with Gasteiger partial charge in [0.15, 0.2) is 11.6 Å². The minimum Gasteiger partial charge on any atom is -0.394 e. The molecule has 0 radical (unpaired) electrons. The Hall–Kier alpha value is -3.16. The molecule has 1 saturated heterocycles. The van der Waals surface area contributed by atoms with Crippen molar-refractivity contribution in [2.24, 2.45) is 5.92 Å². The monoisotopic (exact) mass is 605 g/mol. The van der Waals surface area contributed by atoms with Crippen LogP contribution in [0, 0.1) is 17.6 Å². The van der Waals surface area contributed by atoms with Crippen molar-refractivity contribution in [1.29, 1.82) is 0 Å². The van der Waals surface area contributed by atoms with Gasteiger partial charge in [0.2, 0.25) is 0 Å². The van der Waals surface area contributed by atoms with Gasteiger partial charge in [-0.3, -0.25) is 9.69 Å². The van der Waals surface area contributed by atoms with E-state index < -0.39 is 47.8 Å². The quantitative estimate of drug-likeness (QED) is 0.293. The van der Waals surface area contributed by atoms with Crippen LogP contribution in [0.15, 0.2) is 30.3 Å². The maximum atomic E-state index is 14.9. The van der Waals surface area contributed by atoms with Crippen LogP contribution in [-0.4, -0.2) is 73.5 Å². The van der Waals surface area contributed by atoms with E-state index in [0.717, 1.165) is 6.07 Å². The molecule has 8 nitrogen and oxygen atoms in total. The number of anilines is 2. The van der Waals surface area contributed by atoms with Crippen LogP contribution in [0.25, 0.3) is 0 Å². The van der Waals surface area contributed by atoms with Gasteiger partial charge in [0, 0.05) is 49.9 Å². The fourth-order valence-corrected chi connectivity index (χ4v) is 4.44. The van der Waals surface area contributed by atoms with E-state index in [1.165, 1.54) is 18.2 Å². The van der Waals surface area contributed by atoms with Crippen LogP contribution in [0.5, 0.6) is 0 Å². The second-order valence-electron chi connectivity index (χ2n) is 10.1. The summed E-state index contributed by atoms with van der Waals surface area (Å²) in [5, 5.41) is 17.2. The van der Waals surface area contributed by atoms with E-state index in [1.54, 1.807) is 24.8 Å². The van der Waals surface area contributed by atoms with Crippen molar-refractivity contribution in [3.63, 3.8) is 0 Å². The summed E-state index contributed by atoms with van der Waals surface area (Å²) >= 11 is 6.15. The predicted octanol–water partition coefficient (Wildman–Crippen LogP) is 4.76. The van der Waals surface area contributed by atoms with Gasteiger partial charge in [-0.15, -0.1) is 0 Å². The number of carbonyl (C=O) groups is 2. The average molecular weight is 606 g/mol. The molecule has 14 heteroatoms. The van der Waals surface area contributed by atoms with Gasteiger partial charge in [0.25, 0.3) is 5.91 Å². The molecule has 3 amide bonds. The van der Waals surface area contributed by atoms with E-state index in [-0.39, 0.29) is 36.9 Å². The van der Waals surface area contributed by atoms with Gasteiger partial charge < -0.3 is 26.0 Å². The minimum atomic E-state index is -4.24. The minimum absolute atomic E-state index is 0.0493. The van der Waals surface area contributed by atoms with Gasteiger partial charge in [-0.1, -0.05) is 31.5 Å². The second-order valence-corrected chi connectivity index (χ2v) is 10.5. The summed E-state index contributed by atoms with van der Waals surface area (Å²) in [4.78, 5) is 28.6. The van der Waals surface area contributed by atoms with Crippen LogP contribution < -0.4 is 20.9 Å². The molecule has 0 unspecified atom stereocenters. The summed E-state index contributed by atoms with van der Waals surface area (Å²) in [5.41, 5.74) is 0.0224. The van der Waals surface area contributed by atoms with E-state index in [0.29, 0.717) is 36.9 Å². The number of piperazine rings is 1. The maximum absolute atomic E-state index is 14.9. The highest BCUT2D eigenvalue weighted by Gasteiger charge is 2.29. The van der Waals surface area contributed by atoms with E-state index in [1.807, 2.05) is 4.90 Å². The van der Waals surface area contributed by atoms with Gasteiger partial charge >= 0.3 is 12.2 Å². The molecule has 0 aromatic heterocycles. The van der Waals surface area contributed by atoms with Gasteiger partial charge in [0.1, 0.15) is 0 Å². The highest BCUT2D eigenvalue weighted by atomic mass is 35.5. The Kier molecular flexibility index (Phi) is 11.2. The van der Waals surface area contributed by atoms with Gasteiger partial charge in [-0.05, 0) is 30.2 Å². The summed E-state index contributed by atoms with van der Waals surface area (Å²) in [7, 11) is 0. The molecule has 0 spiro atoms. The first-order valence-corrected chi connectivity index (χ1v) is 13.4. The lowest BCUT2D eigenvalue weighted by Crippen LogP contribution is -2.47. The Morgan fingerprint density at radius 3 is 2.34 bits per heavy atom. The number of aliphatic hydroxyl groups excluding tert-OH is 1. The lowest BCUT2D eigenvalue weighted by Gasteiger charge is -2.37. The fraction of sp³-hybridized carbons (Fsp3) is 0.481. The van der Waals surface area contributed by atoms with E-state index in [4.69, 9.17) is 11.6 Å². The van der Waals surface area contributed by atoms with Crippen LogP contribution in [0.1, 0.15) is 36.2 Å². The summed E-state index contributed by atoms with van der Waals surface area (Å²) < 4.78 is 67.4.